The molecule has 0 saturated heterocycles. The summed E-state index contributed by atoms with van der Waals surface area (Å²) >= 11 is 7.63. The third-order valence-corrected chi connectivity index (χ3v) is 3.85. The van der Waals surface area contributed by atoms with E-state index in [0.717, 1.165) is 20.0 Å². The molecule has 3 heteroatoms. The topological polar surface area (TPSA) is 20.2 Å². The molecular formula is C11H11ClOS. The molecule has 0 aliphatic carbocycles. The summed E-state index contributed by atoms with van der Waals surface area (Å²) in [5.74, 6) is 0. The van der Waals surface area contributed by atoms with Gasteiger partial charge in [0.1, 0.15) is 0 Å². The Kier molecular flexibility index (Phi) is 2.30. The fourth-order valence-electron chi connectivity index (χ4n) is 1.33. The highest BCUT2D eigenvalue weighted by Crippen LogP contribution is 2.35. The van der Waals surface area contributed by atoms with E-state index in [1.54, 1.807) is 25.2 Å². The lowest BCUT2D eigenvalue weighted by Gasteiger charge is -2.13. The Balaban J connectivity index is 2.69. The van der Waals surface area contributed by atoms with E-state index in [2.05, 4.69) is 0 Å². The summed E-state index contributed by atoms with van der Waals surface area (Å²) in [5, 5.41) is 11.6. The molecule has 1 heterocycles. The molecule has 0 aliphatic heterocycles. The quantitative estimate of drug-likeness (QED) is 0.785. The molecule has 1 nitrogen and oxygen atoms in total. The average molecular weight is 227 g/mol. The summed E-state index contributed by atoms with van der Waals surface area (Å²) in [6, 6.07) is 7.77. The zero-order chi connectivity index (χ0) is 10.3. The Hall–Kier alpha value is -0.570. The molecule has 0 unspecified atom stereocenters. The highest BCUT2D eigenvalue weighted by Gasteiger charge is 2.19. The van der Waals surface area contributed by atoms with Gasteiger partial charge in [0.25, 0.3) is 0 Å². The zero-order valence-electron chi connectivity index (χ0n) is 8.04. The van der Waals surface area contributed by atoms with Crippen molar-refractivity contribution in [2.75, 3.05) is 0 Å². The van der Waals surface area contributed by atoms with Crippen LogP contribution in [0.3, 0.4) is 0 Å². The van der Waals surface area contributed by atoms with Crippen molar-refractivity contribution in [3.05, 3.63) is 34.2 Å². The second kappa shape index (κ2) is 3.23. The van der Waals surface area contributed by atoms with E-state index in [1.807, 2.05) is 24.3 Å². The molecule has 74 valence electrons. The van der Waals surface area contributed by atoms with Gasteiger partial charge >= 0.3 is 0 Å². The van der Waals surface area contributed by atoms with Crippen molar-refractivity contribution in [2.24, 2.45) is 0 Å². The van der Waals surface area contributed by atoms with Crippen LogP contribution in [-0.2, 0) is 5.60 Å². The van der Waals surface area contributed by atoms with Crippen LogP contribution in [0.5, 0.6) is 0 Å². The van der Waals surface area contributed by atoms with Crippen LogP contribution in [0.4, 0.5) is 0 Å². The molecule has 0 atom stereocenters. The Labute approximate surface area is 91.9 Å². The minimum Gasteiger partial charge on any atom is -0.385 e. The molecule has 0 radical (unpaired) electrons. The van der Waals surface area contributed by atoms with Gasteiger partial charge in [0, 0.05) is 20.0 Å². The van der Waals surface area contributed by atoms with Crippen LogP contribution >= 0.6 is 22.9 Å². The first-order valence-corrected chi connectivity index (χ1v) is 5.59. The van der Waals surface area contributed by atoms with Crippen molar-refractivity contribution in [2.45, 2.75) is 19.4 Å². The molecule has 1 aromatic carbocycles. The normalized spacial score (nSPS) is 12.3. The standard InChI is InChI=1S/C11H11ClOS/c1-11(2,13)10-6-7-8(12)4-3-5-9(7)14-10/h3-6,13H,1-2H3. The molecule has 0 amide bonds. The van der Waals surface area contributed by atoms with Crippen molar-refractivity contribution in [3.8, 4) is 0 Å². The lowest BCUT2D eigenvalue weighted by atomic mass is 10.1. The molecule has 2 aromatic rings. The van der Waals surface area contributed by atoms with E-state index in [0.29, 0.717) is 0 Å². The molecule has 0 aliphatic rings. The highest BCUT2D eigenvalue weighted by molar-refractivity contribution is 7.19. The summed E-state index contributed by atoms with van der Waals surface area (Å²) < 4.78 is 1.12. The van der Waals surface area contributed by atoms with E-state index in [1.165, 1.54) is 0 Å². The van der Waals surface area contributed by atoms with Gasteiger partial charge in [-0.05, 0) is 32.0 Å². The largest absolute Gasteiger partial charge is 0.385 e. The second-order valence-corrected chi connectivity index (χ2v) is 5.31. The van der Waals surface area contributed by atoms with E-state index >= 15 is 0 Å². The number of benzene rings is 1. The van der Waals surface area contributed by atoms with Crippen LogP contribution in [0.15, 0.2) is 24.3 Å². The minimum atomic E-state index is -0.785. The van der Waals surface area contributed by atoms with E-state index in [9.17, 15) is 5.11 Å². The van der Waals surface area contributed by atoms with Gasteiger partial charge in [-0.3, -0.25) is 0 Å². The Morgan fingerprint density at radius 3 is 2.64 bits per heavy atom. The van der Waals surface area contributed by atoms with E-state index < -0.39 is 5.60 Å². The van der Waals surface area contributed by atoms with Gasteiger partial charge in [-0.1, -0.05) is 17.7 Å². The van der Waals surface area contributed by atoms with Crippen molar-refractivity contribution in [1.29, 1.82) is 0 Å². The summed E-state index contributed by atoms with van der Waals surface area (Å²) in [7, 11) is 0. The first-order valence-electron chi connectivity index (χ1n) is 4.39. The number of thiophene rings is 1. The second-order valence-electron chi connectivity index (χ2n) is 3.82. The Bertz CT molecular complexity index is 468. The predicted octanol–water partition coefficient (Wildman–Crippen LogP) is 3.78. The fraction of sp³-hybridized carbons (Fsp3) is 0.273. The third kappa shape index (κ3) is 1.65. The first kappa shape index (κ1) is 9.97. The van der Waals surface area contributed by atoms with Gasteiger partial charge in [0.05, 0.1) is 5.60 Å². The number of rotatable bonds is 1. The summed E-state index contributed by atoms with van der Waals surface area (Å²) in [6.45, 7) is 3.57. The number of halogens is 1. The van der Waals surface area contributed by atoms with Crippen LogP contribution in [-0.4, -0.2) is 5.11 Å². The monoisotopic (exact) mass is 226 g/mol. The third-order valence-electron chi connectivity index (χ3n) is 2.11. The van der Waals surface area contributed by atoms with E-state index in [-0.39, 0.29) is 0 Å². The van der Waals surface area contributed by atoms with Crippen molar-refractivity contribution in [1.82, 2.24) is 0 Å². The summed E-state index contributed by atoms with van der Waals surface area (Å²) in [4.78, 5) is 0.945. The van der Waals surface area contributed by atoms with Crippen LogP contribution in [0.1, 0.15) is 18.7 Å². The van der Waals surface area contributed by atoms with Gasteiger partial charge in [-0.15, -0.1) is 11.3 Å². The SMILES string of the molecule is CC(C)(O)c1cc2c(Cl)cccc2s1. The van der Waals surface area contributed by atoms with Crippen LogP contribution in [0.2, 0.25) is 5.02 Å². The Morgan fingerprint density at radius 1 is 1.36 bits per heavy atom. The van der Waals surface area contributed by atoms with Crippen LogP contribution in [0, 0.1) is 0 Å². The maximum absolute atomic E-state index is 9.85. The maximum atomic E-state index is 9.85. The van der Waals surface area contributed by atoms with Crippen molar-refractivity contribution >= 4 is 33.0 Å². The van der Waals surface area contributed by atoms with Crippen molar-refractivity contribution in [3.63, 3.8) is 0 Å². The van der Waals surface area contributed by atoms with Gasteiger partial charge < -0.3 is 5.11 Å². The molecule has 14 heavy (non-hydrogen) atoms. The average Bonchev–Trinajstić information content (AvgIpc) is 2.48. The molecule has 0 fully saturated rings. The summed E-state index contributed by atoms with van der Waals surface area (Å²) in [6.07, 6.45) is 0. The molecule has 1 N–H and O–H groups in total. The Morgan fingerprint density at radius 2 is 2.07 bits per heavy atom. The molecular weight excluding hydrogens is 216 g/mol. The predicted molar refractivity (Wildman–Crippen MR) is 62.1 cm³/mol. The molecule has 2 rings (SSSR count). The fourth-order valence-corrected chi connectivity index (χ4v) is 2.70. The molecule has 1 aromatic heterocycles. The maximum Gasteiger partial charge on any atom is 0.0932 e. The van der Waals surface area contributed by atoms with Gasteiger partial charge in [-0.2, -0.15) is 0 Å². The number of hydrogen-bond acceptors (Lipinski definition) is 2. The smallest absolute Gasteiger partial charge is 0.0932 e. The van der Waals surface area contributed by atoms with Gasteiger partial charge in [-0.25, -0.2) is 0 Å². The number of fused-ring (bicyclic) bond motifs is 1. The van der Waals surface area contributed by atoms with Crippen LogP contribution < -0.4 is 0 Å². The minimum absolute atomic E-state index is 0.745. The van der Waals surface area contributed by atoms with Gasteiger partial charge in [0.15, 0.2) is 0 Å². The summed E-state index contributed by atoms with van der Waals surface area (Å²) in [5.41, 5.74) is -0.785. The number of aliphatic hydroxyl groups is 1. The van der Waals surface area contributed by atoms with E-state index in [4.69, 9.17) is 11.6 Å². The lowest BCUT2D eigenvalue weighted by molar-refractivity contribution is 0.0826. The first-order chi connectivity index (χ1) is 6.48. The molecule has 0 saturated carbocycles. The van der Waals surface area contributed by atoms with Crippen molar-refractivity contribution < 1.29 is 5.11 Å². The number of hydrogen-bond donors (Lipinski definition) is 1. The molecule has 0 spiro atoms. The van der Waals surface area contributed by atoms with Gasteiger partial charge in [0.2, 0.25) is 0 Å². The molecule has 0 bridgehead atoms. The lowest BCUT2D eigenvalue weighted by Crippen LogP contribution is -2.12. The highest BCUT2D eigenvalue weighted by atomic mass is 35.5. The zero-order valence-corrected chi connectivity index (χ0v) is 9.62. The van der Waals surface area contributed by atoms with Crippen LogP contribution in [0.25, 0.3) is 10.1 Å².